The number of benzene rings is 9. The van der Waals surface area contributed by atoms with Gasteiger partial charge in [0.15, 0.2) is 0 Å². The van der Waals surface area contributed by atoms with Crippen molar-refractivity contribution in [3.05, 3.63) is 212 Å². The van der Waals surface area contributed by atoms with Crippen molar-refractivity contribution >= 4 is 101 Å². The lowest BCUT2D eigenvalue weighted by Gasteiger charge is -2.41. The average Bonchev–Trinajstić information content (AvgIpc) is 3.82. The first-order valence-corrected chi connectivity index (χ1v) is 20.4. The first kappa shape index (κ1) is 32.3. The lowest BCUT2D eigenvalue weighted by atomic mass is 9.33. The third-order valence-corrected chi connectivity index (χ3v) is 12.6. The van der Waals surface area contributed by atoms with E-state index in [2.05, 4.69) is 231 Å². The molecular weight excluding hydrogens is 715 g/mol. The van der Waals surface area contributed by atoms with Gasteiger partial charge in [0, 0.05) is 61.4 Å². The van der Waals surface area contributed by atoms with Crippen molar-refractivity contribution in [2.45, 2.75) is 0 Å². The molecule has 11 aromatic rings. The molecule has 2 aromatic heterocycles. The van der Waals surface area contributed by atoms with E-state index in [1.165, 1.54) is 77.1 Å². The molecule has 0 radical (unpaired) electrons. The Morgan fingerprint density at radius 3 is 1.59 bits per heavy atom. The van der Waals surface area contributed by atoms with E-state index in [-0.39, 0.29) is 6.71 Å². The van der Waals surface area contributed by atoms with Gasteiger partial charge in [0.25, 0.3) is 6.71 Å². The minimum Gasteiger partial charge on any atom is -0.311 e. The summed E-state index contributed by atoms with van der Waals surface area (Å²) in [5.74, 6) is 0. The summed E-state index contributed by atoms with van der Waals surface area (Å²) in [6, 6.07) is 77.8. The zero-order valence-corrected chi connectivity index (χ0v) is 32.1. The molecular formula is C54H35BN4. The summed E-state index contributed by atoms with van der Waals surface area (Å²) >= 11 is 0. The SMILES string of the molecule is c1ccc(N(c2ccccc2)c2cc3c4c(c2)-n2c5ccccc5c5cc6c(c(c52)B4c2ccccc2N3c2ccccc2)c2ccccc2n6-c2ccccc2)cc1. The van der Waals surface area contributed by atoms with Crippen LogP contribution >= 0.6 is 0 Å². The molecule has 0 bridgehead atoms. The van der Waals surface area contributed by atoms with Crippen LogP contribution in [0.1, 0.15) is 0 Å². The first-order valence-electron chi connectivity index (χ1n) is 20.4. The van der Waals surface area contributed by atoms with Crippen LogP contribution in [0.15, 0.2) is 212 Å². The van der Waals surface area contributed by atoms with E-state index < -0.39 is 0 Å². The molecule has 0 spiro atoms. The number of fused-ring (bicyclic) bond motifs is 11. The smallest absolute Gasteiger partial charge is 0.253 e. The molecule has 13 rings (SSSR count). The van der Waals surface area contributed by atoms with E-state index in [0.29, 0.717) is 0 Å². The topological polar surface area (TPSA) is 16.3 Å². The largest absolute Gasteiger partial charge is 0.311 e. The fraction of sp³-hybridized carbons (Fsp3) is 0. The number of hydrogen-bond acceptors (Lipinski definition) is 2. The van der Waals surface area contributed by atoms with Crippen LogP contribution in [0.3, 0.4) is 0 Å². The molecule has 0 unspecified atom stereocenters. The molecule has 0 saturated carbocycles. The van der Waals surface area contributed by atoms with E-state index in [0.717, 1.165) is 28.4 Å². The van der Waals surface area contributed by atoms with Crippen molar-refractivity contribution in [2.24, 2.45) is 0 Å². The van der Waals surface area contributed by atoms with Gasteiger partial charge < -0.3 is 18.9 Å². The van der Waals surface area contributed by atoms with E-state index in [1.54, 1.807) is 0 Å². The standard InChI is InChI=1S/C54H35BN4/c1-5-19-36(20-6-1)56(37-21-7-2-8-22-37)40-33-49-52-50(34-40)59-45-30-16-13-27-41(45)43-35-48-51(42-28-14-17-31-46(42)57(48)38-23-9-3-10-24-38)53(54(43)59)55(52)44-29-15-18-32-47(44)58(49)39-25-11-4-12-26-39/h1-35H. The Morgan fingerprint density at radius 1 is 0.356 bits per heavy atom. The van der Waals surface area contributed by atoms with E-state index in [9.17, 15) is 0 Å². The van der Waals surface area contributed by atoms with Gasteiger partial charge in [-0.1, -0.05) is 127 Å². The molecule has 2 aliphatic heterocycles. The second-order valence-corrected chi connectivity index (χ2v) is 15.7. The average molecular weight is 751 g/mol. The summed E-state index contributed by atoms with van der Waals surface area (Å²) in [4.78, 5) is 4.91. The lowest BCUT2D eigenvalue weighted by Crippen LogP contribution is -2.60. The fourth-order valence-electron chi connectivity index (χ4n) is 10.4. The maximum absolute atomic E-state index is 2.60. The van der Waals surface area contributed by atoms with Crippen molar-refractivity contribution in [3.63, 3.8) is 0 Å². The molecule has 4 nitrogen and oxygen atoms in total. The molecule has 0 amide bonds. The number of rotatable bonds is 5. The number of anilines is 6. The minimum atomic E-state index is -0.0369. The maximum atomic E-state index is 2.60. The highest BCUT2D eigenvalue weighted by Gasteiger charge is 2.44. The van der Waals surface area contributed by atoms with Crippen molar-refractivity contribution in [1.29, 1.82) is 0 Å². The maximum Gasteiger partial charge on any atom is 0.253 e. The monoisotopic (exact) mass is 750 g/mol. The van der Waals surface area contributed by atoms with Gasteiger partial charge in [-0.2, -0.15) is 0 Å². The third-order valence-electron chi connectivity index (χ3n) is 12.6. The van der Waals surface area contributed by atoms with Gasteiger partial charge in [0.05, 0.1) is 27.8 Å². The van der Waals surface area contributed by atoms with Crippen molar-refractivity contribution in [2.75, 3.05) is 9.80 Å². The van der Waals surface area contributed by atoms with E-state index in [4.69, 9.17) is 0 Å². The molecule has 0 atom stereocenters. The Kier molecular flexibility index (Phi) is 6.78. The predicted octanol–water partition coefficient (Wildman–Crippen LogP) is 12.0. The highest BCUT2D eigenvalue weighted by atomic mass is 15.2. The molecule has 2 aliphatic rings. The van der Waals surface area contributed by atoms with Crippen molar-refractivity contribution in [3.8, 4) is 11.4 Å². The van der Waals surface area contributed by atoms with Gasteiger partial charge in [-0.15, -0.1) is 0 Å². The summed E-state index contributed by atoms with van der Waals surface area (Å²) in [6.45, 7) is -0.0369. The Labute approximate surface area is 342 Å². The molecule has 59 heavy (non-hydrogen) atoms. The number of aromatic nitrogens is 2. The zero-order chi connectivity index (χ0) is 38.6. The summed E-state index contributed by atoms with van der Waals surface area (Å²) in [5.41, 5.74) is 18.1. The summed E-state index contributed by atoms with van der Waals surface area (Å²) < 4.78 is 5.08. The number of para-hydroxylation sites is 7. The Morgan fingerprint density at radius 2 is 0.898 bits per heavy atom. The van der Waals surface area contributed by atoms with Crippen LogP contribution in [0.25, 0.3) is 55.0 Å². The Bertz CT molecular complexity index is 3410. The summed E-state index contributed by atoms with van der Waals surface area (Å²) in [7, 11) is 0. The van der Waals surface area contributed by atoms with E-state index >= 15 is 0 Å². The summed E-state index contributed by atoms with van der Waals surface area (Å²) in [6.07, 6.45) is 0. The molecule has 4 heterocycles. The second kappa shape index (κ2) is 12.4. The zero-order valence-electron chi connectivity index (χ0n) is 32.1. The lowest BCUT2D eigenvalue weighted by molar-refractivity contribution is 1.16. The van der Waals surface area contributed by atoms with Crippen LogP contribution < -0.4 is 26.2 Å². The molecule has 0 fully saturated rings. The molecule has 0 saturated heterocycles. The molecule has 274 valence electrons. The van der Waals surface area contributed by atoms with Gasteiger partial charge >= 0.3 is 0 Å². The highest BCUT2D eigenvalue weighted by Crippen LogP contribution is 2.47. The number of nitrogens with zero attached hydrogens (tertiary/aromatic N) is 4. The van der Waals surface area contributed by atoms with Gasteiger partial charge in [-0.3, -0.25) is 0 Å². The Hall–Kier alpha value is -7.76. The van der Waals surface area contributed by atoms with Crippen LogP contribution in [-0.4, -0.2) is 15.8 Å². The first-order chi connectivity index (χ1) is 29.3. The van der Waals surface area contributed by atoms with Gasteiger partial charge in [-0.05, 0) is 101 Å². The van der Waals surface area contributed by atoms with Gasteiger partial charge in [0.1, 0.15) is 0 Å². The highest BCUT2D eigenvalue weighted by molar-refractivity contribution is 7.02. The van der Waals surface area contributed by atoms with Crippen LogP contribution in [-0.2, 0) is 0 Å². The van der Waals surface area contributed by atoms with Gasteiger partial charge in [-0.25, -0.2) is 0 Å². The van der Waals surface area contributed by atoms with Crippen molar-refractivity contribution < 1.29 is 0 Å². The molecule has 0 aliphatic carbocycles. The third kappa shape index (κ3) is 4.50. The summed E-state index contributed by atoms with van der Waals surface area (Å²) in [5, 5.41) is 5.10. The minimum absolute atomic E-state index is 0.0369. The fourth-order valence-corrected chi connectivity index (χ4v) is 10.4. The number of hydrogen-bond donors (Lipinski definition) is 0. The van der Waals surface area contributed by atoms with Gasteiger partial charge in [0.2, 0.25) is 0 Å². The van der Waals surface area contributed by atoms with Crippen LogP contribution in [0.4, 0.5) is 34.1 Å². The van der Waals surface area contributed by atoms with Crippen LogP contribution in [0.5, 0.6) is 0 Å². The normalized spacial score (nSPS) is 12.7. The second-order valence-electron chi connectivity index (χ2n) is 15.7. The Balaban J connectivity index is 1.25. The molecule has 0 N–H and O–H groups in total. The van der Waals surface area contributed by atoms with Crippen LogP contribution in [0.2, 0.25) is 0 Å². The molecule has 5 heteroatoms. The van der Waals surface area contributed by atoms with E-state index in [1.807, 2.05) is 0 Å². The quantitative estimate of drug-likeness (QED) is 0.163. The van der Waals surface area contributed by atoms with Crippen LogP contribution in [0, 0.1) is 0 Å². The predicted molar refractivity (Wildman–Crippen MR) is 249 cm³/mol. The van der Waals surface area contributed by atoms with Crippen molar-refractivity contribution in [1.82, 2.24) is 9.13 Å². The molecule has 9 aromatic carbocycles.